The monoisotopic (exact) mass is 395 g/mol. The van der Waals surface area contributed by atoms with Crippen molar-refractivity contribution >= 4 is 23.7 Å². The van der Waals surface area contributed by atoms with Crippen molar-refractivity contribution in [2.24, 2.45) is 5.92 Å². The van der Waals surface area contributed by atoms with Crippen molar-refractivity contribution in [3.8, 4) is 0 Å². The summed E-state index contributed by atoms with van der Waals surface area (Å²) in [6, 6.07) is 0. The summed E-state index contributed by atoms with van der Waals surface area (Å²) in [5.74, 6) is 0.190. The smallest absolute Gasteiger partial charge is 0.410 e. The Kier molecular flexibility index (Phi) is 7.54. The molecule has 150 valence electrons. The van der Waals surface area contributed by atoms with Crippen molar-refractivity contribution in [1.29, 1.82) is 0 Å². The van der Waals surface area contributed by atoms with Crippen LogP contribution in [0.5, 0.6) is 0 Å². The van der Waals surface area contributed by atoms with Gasteiger partial charge in [-0.25, -0.2) is 9.59 Å². The molecule has 2 rings (SSSR count). The standard InChI is InChI=1S/C21H30ClNO4/c1-21(2,3)27-20(25)23-12-10-15(11-13-23)8-9-16-14-17(22)6-5-7-18(16)19(24)26-4/h6-7,14-15H,5,8-13H2,1-4H3. The van der Waals surface area contributed by atoms with Gasteiger partial charge in [0.25, 0.3) is 0 Å². The number of hydrogen-bond acceptors (Lipinski definition) is 4. The number of methoxy groups -OCH3 is 1. The van der Waals surface area contributed by atoms with Gasteiger partial charge in [-0.3, -0.25) is 0 Å². The first-order chi connectivity index (χ1) is 12.7. The van der Waals surface area contributed by atoms with Crippen LogP contribution in [0, 0.1) is 5.92 Å². The van der Waals surface area contributed by atoms with Crippen LogP contribution in [0.4, 0.5) is 4.79 Å². The Morgan fingerprint density at radius 3 is 2.48 bits per heavy atom. The molecule has 1 amide bonds. The predicted octanol–water partition coefficient (Wildman–Crippen LogP) is 4.97. The van der Waals surface area contributed by atoms with Crippen molar-refractivity contribution in [2.45, 2.75) is 58.5 Å². The van der Waals surface area contributed by atoms with E-state index < -0.39 is 5.60 Å². The fourth-order valence-corrected chi connectivity index (χ4v) is 3.57. The summed E-state index contributed by atoms with van der Waals surface area (Å²) in [5, 5.41) is 0.653. The summed E-state index contributed by atoms with van der Waals surface area (Å²) < 4.78 is 10.4. The molecule has 5 nitrogen and oxygen atoms in total. The molecule has 1 aliphatic carbocycles. The van der Waals surface area contributed by atoms with Crippen LogP contribution in [0.15, 0.2) is 34.4 Å². The number of esters is 1. The van der Waals surface area contributed by atoms with Gasteiger partial charge in [0.05, 0.1) is 12.7 Å². The molecule has 0 atom stereocenters. The van der Waals surface area contributed by atoms with Gasteiger partial charge >= 0.3 is 12.1 Å². The van der Waals surface area contributed by atoms with Crippen LogP contribution in [0.25, 0.3) is 0 Å². The topological polar surface area (TPSA) is 55.8 Å². The molecular formula is C21H30ClNO4. The first-order valence-corrected chi connectivity index (χ1v) is 9.90. The van der Waals surface area contributed by atoms with Crippen LogP contribution in [0.3, 0.4) is 0 Å². The van der Waals surface area contributed by atoms with Gasteiger partial charge in [-0.2, -0.15) is 0 Å². The van der Waals surface area contributed by atoms with Gasteiger partial charge in [0, 0.05) is 18.1 Å². The molecule has 1 aliphatic heterocycles. The second-order valence-electron chi connectivity index (χ2n) is 8.05. The minimum atomic E-state index is -0.469. The Hall–Kier alpha value is -1.75. The number of piperidine rings is 1. The molecule has 0 aromatic rings. The minimum Gasteiger partial charge on any atom is -0.465 e. The van der Waals surface area contributed by atoms with Crippen molar-refractivity contribution in [3.63, 3.8) is 0 Å². The van der Waals surface area contributed by atoms with Crippen LogP contribution in [-0.2, 0) is 14.3 Å². The van der Waals surface area contributed by atoms with E-state index in [0.717, 1.165) is 31.3 Å². The van der Waals surface area contributed by atoms with E-state index in [1.807, 2.05) is 39.0 Å². The average Bonchev–Trinajstić information content (AvgIpc) is 2.79. The van der Waals surface area contributed by atoms with Gasteiger partial charge in [0.15, 0.2) is 0 Å². The molecule has 0 aromatic heterocycles. The SMILES string of the molecule is COC(=O)C1=CCC=C(Cl)C=C1CCC1CCN(C(=O)OC(C)(C)C)CC1. The van der Waals surface area contributed by atoms with Crippen LogP contribution in [0.2, 0.25) is 0 Å². The van der Waals surface area contributed by atoms with Gasteiger partial charge < -0.3 is 14.4 Å². The fraction of sp³-hybridized carbons (Fsp3) is 0.619. The molecular weight excluding hydrogens is 366 g/mol. The largest absolute Gasteiger partial charge is 0.465 e. The maximum absolute atomic E-state index is 12.2. The van der Waals surface area contributed by atoms with Crippen LogP contribution >= 0.6 is 11.6 Å². The van der Waals surface area contributed by atoms with Crippen molar-refractivity contribution in [2.75, 3.05) is 20.2 Å². The van der Waals surface area contributed by atoms with E-state index in [2.05, 4.69) is 0 Å². The summed E-state index contributed by atoms with van der Waals surface area (Å²) in [6.45, 7) is 7.05. The van der Waals surface area contributed by atoms with Gasteiger partial charge in [-0.05, 0) is 70.4 Å². The van der Waals surface area contributed by atoms with E-state index in [1.54, 1.807) is 4.90 Å². The molecule has 0 aromatic carbocycles. The highest BCUT2D eigenvalue weighted by atomic mass is 35.5. The van der Waals surface area contributed by atoms with Gasteiger partial charge in [-0.1, -0.05) is 23.8 Å². The Balaban J connectivity index is 1.89. The van der Waals surface area contributed by atoms with E-state index >= 15 is 0 Å². The van der Waals surface area contributed by atoms with E-state index in [4.69, 9.17) is 21.1 Å². The predicted molar refractivity (Wildman–Crippen MR) is 107 cm³/mol. The zero-order valence-electron chi connectivity index (χ0n) is 16.7. The van der Waals surface area contributed by atoms with E-state index in [1.165, 1.54) is 7.11 Å². The van der Waals surface area contributed by atoms with Crippen molar-refractivity contribution in [3.05, 3.63) is 34.4 Å². The molecule has 0 radical (unpaired) electrons. The van der Waals surface area contributed by atoms with Gasteiger partial charge in [-0.15, -0.1) is 0 Å². The molecule has 0 N–H and O–H groups in total. The number of rotatable bonds is 4. The number of nitrogens with zero attached hydrogens (tertiary/aromatic N) is 1. The lowest BCUT2D eigenvalue weighted by atomic mass is 9.89. The highest BCUT2D eigenvalue weighted by molar-refractivity contribution is 6.31. The molecule has 0 spiro atoms. The van der Waals surface area contributed by atoms with Crippen molar-refractivity contribution in [1.82, 2.24) is 4.90 Å². The second-order valence-corrected chi connectivity index (χ2v) is 8.49. The molecule has 27 heavy (non-hydrogen) atoms. The number of hydrogen-bond donors (Lipinski definition) is 0. The molecule has 0 unspecified atom stereocenters. The minimum absolute atomic E-state index is 0.236. The van der Waals surface area contributed by atoms with Gasteiger partial charge in [0.2, 0.25) is 0 Å². The summed E-state index contributed by atoms with van der Waals surface area (Å²) in [6.07, 6.45) is 9.61. The van der Waals surface area contributed by atoms with E-state index in [9.17, 15) is 9.59 Å². The molecule has 1 saturated heterocycles. The lowest BCUT2D eigenvalue weighted by molar-refractivity contribution is -0.135. The number of ether oxygens (including phenoxy) is 2. The normalized spacial score (nSPS) is 18.9. The third-order valence-corrected chi connectivity index (χ3v) is 5.05. The first-order valence-electron chi connectivity index (χ1n) is 9.52. The fourth-order valence-electron chi connectivity index (χ4n) is 3.35. The lowest BCUT2D eigenvalue weighted by Crippen LogP contribution is -2.41. The molecule has 0 bridgehead atoms. The number of amides is 1. The average molecular weight is 396 g/mol. The van der Waals surface area contributed by atoms with Crippen LogP contribution in [0.1, 0.15) is 52.9 Å². The summed E-state index contributed by atoms with van der Waals surface area (Å²) in [7, 11) is 1.40. The number of carbonyl (C=O) groups is 2. The van der Waals surface area contributed by atoms with E-state index in [-0.39, 0.29) is 12.1 Å². The number of halogens is 1. The van der Waals surface area contributed by atoms with Crippen LogP contribution < -0.4 is 0 Å². The molecule has 1 fully saturated rings. The third-order valence-electron chi connectivity index (χ3n) is 4.79. The highest BCUT2D eigenvalue weighted by Crippen LogP contribution is 2.30. The quantitative estimate of drug-likeness (QED) is 0.631. The summed E-state index contributed by atoms with van der Waals surface area (Å²) in [4.78, 5) is 26.0. The molecule has 0 saturated carbocycles. The number of carbonyl (C=O) groups excluding carboxylic acids is 2. The lowest BCUT2D eigenvalue weighted by Gasteiger charge is -2.33. The van der Waals surface area contributed by atoms with Crippen molar-refractivity contribution < 1.29 is 19.1 Å². The summed E-state index contributed by atoms with van der Waals surface area (Å²) >= 11 is 6.20. The number of likely N-dealkylation sites (tertiary alicyclic amines) is 1. The Morgan fingerprint density at radius 1 is 1.22 bits per heavy atom. The van der Waals surface area contributed by atoms with Crippen LogP contribution in [-0.4, -0.2) is 42.8 Å². The third kappa shape index (κ3) is 6.73. The second kappa shape index (κ2) is 9.45. The van der Waals surface area contributed by atoms with E-state index in [0.29, 0.717) is 36.0 Å². The molecule has 6 heteroatoms. The first kappa shape index (κ1) is 21.5. The summed E-state index contributed by atoms with van der Waals surface area (Å²) in [5.41, 5.74) is 1.06. The molecule has 1 heterocycles. The number of allylic oxidation sites excluding steroid dienone is 4. The Morgan fingerprint density at radius 2 is 1.89 bits per heavy atom. The highest BCUT2D eigenvalue weighted by Gasteiger charge is 2.27. The Bertz CT molecular complexity index is 650. The van der Waals surface area contributed by atoms with Gasteiger partial charge in [0.1, 0.15) is 5.60 Å². The maximum atomic E-state index is 12.2. The molecule has 2 aliphatic rings. The maximum Gasteiger partial charge on any atom is 0.410 e. The Labute approximate surface area is 167 Å². The zero-order chi connectivity index (χ0) is 20.0. The zero-order valence-corrected chi connectivity index (χ0v) is 17.5.